The summed E-state index contributed by atoms with van der Waals surface area (Å²) in [7, 11) is 0. The minimum absolute atomic E-state index is 0. The average molecular weight is 518 g/mol. The van der Waals surface area contributed by atoms with Gasteiger partial charge in [0.15, 0.2) is 0 Å². The Labute approximate surface area is 167 Å². The van der Waals surface area contributed by atoms with Crippen molar-refractivity contribution in [3.63, 3.8) is 0 Å². The molecule has 23 heavy (non-hydrogen) atoms. The summed E-state index contributed by atoms with van der Waals surface area (Å²) in [5, 5.41) is 0. The molecule has 0 atom stereocenters. The zero-order valence-electron chi connectivity index (χ0n) is 13.3. The Morgan fingerprint density at radius 2 is 0.435 bits per heavy atom. The van der Waals surface area contributed by atoms with E-state index >= 15 is 0 Å². The molecule has 0 amide bonds. The first-order valence-corrected chi connectivity index (χ1v) is 12.9. The second kappa shape index (κ2) is 18.7. The van der Waals surface area contributed by atoms with Crippen LogP contribution < -0.4 is 0 Å². The third-order valence-electron chi connectivity index (χ3n) is 3.00. The van der Waals surface area contributed by atoms with Gasteiger partial charge in [-0.2, -0.15) is 0 Å². The maximum absolute atomic E-state index is 7.56. The van der Waals surface area contributed by atoms with Crippen molar-refractivity contribution in [3.8, 4) is 0 Å². The van der Waals surface area contributed by atoms with E-state index in [1.54, 1.807) is 0 Å². The first-order chi connectivity index (χ1) is 10.0. The summed E-state index contributed by atoms with van der Waals surface area (Å²) in [5.74, 6) is 0. The van der Waals surface area contributed by atoms with Crippen LogP contribution in [0.5, 0.6) is 0 Å². The Bertz CT molecular complexity index is 258. The molecule has 0 aromatic carbocycles. The number of rotatable bonds is 0. The Hall–Kier alpha value is 1.88. The van der Waals surface area contributed by atoms with Crippen LogP contribution in [0, 0.1) is 0 Å². The zero-order chi connectivity index (χ0) is 17.5. The van der Waals surface area contributed by atoms with Gasteiger partial charge in [0.2, 0.25) is 0 Å². The number of hydrogen-bond donors (Lipinski definition) is 6. The van der Waals surface area contributed by atoms with E-state index in [1.807, 2.05) is 0 Å². The average Bonchev–Trinajstić information content (AvgIpc) is 2.40. The summed E-state index contributed by atoms with van der Waals surface area (Å²) < 4.78 is 0. The summed E-state index contributed by atoms with van der Waals surface area (Å²) in [4.78, 5) is 45.3. The third-order valence-corrected chi connectivity index (χ3v) is 3.00. The molecule has 0 bridgehead atoms. The molecule has 141 valence electrons. The van der Waals surface area contributed by atoms with Gasteiger partial charge in [0, 0.05) is 24.4 Å². The molecule has 11 heteroatoms. The van der Waals surface area contributed by atoms with E-state index in [0.717, 1.165) is 0 Å². The molecule has 2 aliphatic rings. The van der Waals surface area contributed by atoms with Gasteiger partial charge in [-0.1, -0.05) is 77.0 Å². The van der Waals surface area contributed by atoms with Crippen molar-refractivity contribution < 1.29 is 29.4 Å². The van der Waals surface area contributed by atoms with Crippen molar-refractivity contribution >= 4 is 61.5 Å². The smallest absolute Gasteiger partial charge is 0.319 e. The molecule has 0 aromatic rings. The van der Waals surface area contributed by atoms with Gasteiger partial charge in [0.05, 0.1) is 0 Å². The molecule has 2 rings (SSSR count). The summed E-state index contributed by atoms with van der Waals surface area (Å²) in [6.07, 6.45) is 18.0. The van der Waals surface area contributed by atoms with Crippen LogP contribution >= 0.6 is 13.4 Å². The minimum atomic E-state index is -3.81. The first kappa shape index (κ1) is 29.6. The minimum Gasteiger partial charge on any atom is -0.325 e. The van der Waals surface area contributed by atoms with Crippen molar-refractivity contribution in [2.45, 2.75) is 77.0 Å². The second-order valence-electron chi connectivity index (χ2n) is 5.27. The van der Waals surface area contributed by atoms with Crippen molar-refractivity contribution in [3.05, 3.63) is 0 Å². The van der Waals surface area contributed by atoms with Crippen LogP contribution in [0.4, 0.5) is 0 Å². The Morgan fingerprint density at radius 3 is 0.478 bits per heavy atom. The molecule has 0 heterocycles. The van der Waals surface area contributed by atoms with E-state index in [2.05, 4.69) is 23.6 Å². The quantitative estimate of drug-likeness (QED) is 0.214. The van der Waals surface area contributed by atoms with Crippen molar-refractivity contribution in [2.24, 2.45) is 0 Å². The molecule has 3 radical (unpaired) electrons. The molecule has 2 saturated carbocycles. The fourth-order valence-corrected chi connectivity index (χ4v) is 2.12. The molecule has 6 N–H and O–H groups in total. The van der Waals surface area contributed by atoms with Gasteiger partial charge in [-0.15, -0.1) is 0 Å². The van der Waals surface area contributed by atoms with Gasteiger partial charge in [-0.25, -0.2) is 0 Å². The van der Waals surface area contributed by atoms with Crippen LogP contribution in [-0.4, -0.2) is 53.8 Å². The van der Waals surface area contributed by atoms with Crippen LogP contribution in [0.1, 0.15) is 77.0 Å². The van der Waals surface area contributed by atoms with E-state index in [9.17, 15) is 0 Å². The first-order valence-electron chi connectivity index (χ1n) is 7.57. The Morgan fingerprint density at radius 1 is 0.391 bits per heavy atom. The third kappa shape index (κ3) is 59.3. The molecular formula is C12H30O6P2S2Sb. The van der Waals surface area contributed by atoms with E-state index < -0.39 is 13.4 Å². The van der Waals surface area contributed by atoms with E-state index in [4.69, 9.17) is 29.4 Å². The molecule has 0 unspecified atom stereocenters. The molecule has 0 spiro atoms. The topological polar surface area (TPSA) is 121 Å². The Kier molecular flexibility index (Phi) is 24.0. The van der Waals surface area contributed by atoms with Crippen LogP contribution in [-0.2, 0) is 23.6 Å². The van der Waals surface area contributed by atoms with Crippen molar-refractivity contribution in [1.82, 2.24) is 0 Å². The molecular weight excluding hydrogens is 488 g/mol. The molecule has 0 saturated heterocycles. The van der Waals surface area contributed by atoms with Gasteiger partial charge in [0.1, 0.15) is 0 Å². The Balaban J connectivity index is -0.000000230. The van der Waals surface area contributed by atoms with E-state index in [-0.39, 0.29) is 24.4 Å². The molecule has 6 nitrogen and oxygen atoms in total. The van der Waals surface area contributed by atoms with Gasteiger partial charge in [-0.05, 0) is 23.6 Å². The van der Waals surface area contributed by atoms with Gasteiger partial charge >= 0.3 is 13.4 Å². The SMILES string of the molecule is C1CCCCC1.C1CCCCC1.OP(O)(O)=S.OP(O)(O)=S.[Sb]. The van der Waals surface area contributed by atoms with Crippen LogP contribution in [0.15, 0.2) is 0 Å². The van der Waals surface area contributed by atoms with Gasteiger partial charge in [-0.3, -0.25) is 0 Å². The van der Waals surface area contributed by atoms with Crippen LogP contribution in [0.25, 0.3) is 0 Å². The maximum Gasteiger partial charge on any atom is 0.319 e. The maximum atomic E-state index is 7.56. The zero-order valence-corrected chi connectivity index (χ0v) is 19.3. The van der Waals surface area contributed by atoms with Crippen LogP contribution in [0.2, 0.25) is 0 Å². The molecule has 0 aromatic heterocycles. The van der Waals surface area contributed by atoms with E-state index in [1.165, 1.54) is 77.0 Å². The normalized spacial score (nSPS) is 17.7. The van der Waals surface area contributed by atoms with Crippen molar-refractivity contribution in [2.75, 3.05) is 0 Å². The largest absolute Gasteiger partial charge is 0.325 e. The number of hydrogen-bond acceptors (Lipinski definition) is 2. The predicted octanol–water partition coefficient (Wildman–Crippen LogP) is 2.68. The van der Waals surface area contributed by atoms with Gasteiger partial charge in [0.25, 0.3) is 0 Å². The van der Waals surface area contributed by atoms with Crippen molar-refractivity contribution in [1.29, 1.82) is 0 Å². The summed E-state index contributed by atoms with van der Waals surface area (Å²) in [6, 6.07) is 0. The van der Waals surface area contributed by atoms with Gasteiger partial charge < -0.3 is 29.4 Å². The second-order valence-corrected chi connectivity index (χ2v) is 10.3. The molecule has 2 fully saturated rings. The van der Waals surface area contributed by atoms with Crippen LogP contribution in [0.3, 0.4) is 0 Å². The monoisotopic (exact) mass is 517 g/mol. The molecule has 0 aliphatic heterocycles. The standard InChI is InChI=1S/2C6H12.2H3O3PS.Sb/c2*1-2-4-6-5-3-1;2*1-4(2,3)5;/h2*1-6H2;2*(H3,1,2,3,5);. The predicted molar refractivity (Wildman–Crippen MR) is 103 cm³/mol. The fraction of sp³-hybridized carbons (Fsp3) is 1.00. The summed E-state index contributed by atoms with van der Waals surface area (Å²) in [6.45, 7) is -7.61. The summed E-state index contributed by atoms with van der Waals surface area (Å²) in [5.41, 5.74) is 0. The fourth-order valence-electron chi connectivity index (χ4n) is 2.12. The van der Waals surface area contributed by atoms with E-state index in [0.29, 0.717) is 0 Å². The summed E-state index contributed by atoms with van der Waals surface area (Å²) >= 11 is 7.21. The molecule has 2 aliphatic carbocycles.